The quantitative estimate of drug-likeness (QED) is 0.734. The molecule has 1 saturated carbocycles. The highest BCUT2D eigenvalue weighted by molar-refractivity contribution is 5.35. The minimum absolute atomic E-state index is 0.207. The molecule has 5 atom stereocenters. The van der Waals surface area contributed by atoms with E-state index in [1.165, 1.54) is 32.1 Å². The molecule has 3 aliphatic rings. The molecular formula is C24H34N2O2. The second-order valence-corrected chi connectivity index (χ2v) is 8.03. The average molecular weight is 383 g/mol. The van der Waals surface area contributed by atoms with Crippen LogP contribution in [0, 0.1) is 35.5 Å². The van der Waals surface area contributed by atoms with E-state index in [0.717, 1.165) is 25.1 Å². The van der Waals surface area contributed by atoms with Crippen molar-refractivity contribution in [2.45, 2.75) is 63.1 Å². The summed E-state index contributed by atoms with van der Waals surface area (Å²) in [5, 5.41) is 7.06. The highest BCUT2D eigenvalue weighted by atomic mass is 16.5. The summed E-state index contributed by atoms with van der Waals surface area (Å²) >= 11 is 0. The van der Waals surface area contributed by atoms with E-state index in [4.69, 9.17) is 9.47 Å². The van der Waals surface area contributed by atoms with Gasteiger partial charge in [0.05, 0.1) is 31.0 Å². The highest BCUT2D eigenvalue weighted by Crippen LogP contribution is 2.29. The Bertz CT molecular complexity index is 674. The summed E-state index contributed by atoms with van der Waals surface area (Å²) in [5.41, 5.74) is 0.984. The van der Waals surface area contributed by atoms with Gasteiger partial charge in [0.1, 0.15) is 0 Å². The average Bonchev–Trinajstić information content (AvgIpc) is 2.72. The number of allylic oxidation sites excluding steroid dienone is 3. The second kappa shape index (κ2) is 11.3. The van der Waals surface area contributed by atoms with E-state index in [9.17, 15) is 0 Å². The van der Waals surface area contributed by atoms with Crippen molar-refractivity contribution in [2.24, 2.45) is 11.8 Å². The Morgan fingerprint density at radius 3 is 2.50 bits per heavy atom. The number of rotatable bonds is 4. The van der Waals surface area contributed by atoms with Crippen LogP contribution in [0.25, 0.3) is 0 Å². The zero-order valence-corrected chi connectivity index (χ0v) is 17.3. The van der Waals surface area contributed by atoms with Gasteiger partial charge in [-0.05, 0) is 44.1 Å². The van der Waals surface area contributed by atoms with Crippen LogP contribution in [0.3, 0.4) is 0 Å². The summed E-state index contributed by atoms with van der Waals surface area (Å²) in [7, 11) is 3.50. The summed E-state index contributed by atoms with van der Waals surface area (Å²) in [5.74, 6) is 14.8. The van der Waals surface area contributed by atoms with Crippen LogP contribution in [0.15, 0.2) is 23.9 Å². The standard InChI is InChI=1S/C24H34N2O2/c1-27-17-23-11-5-9-21(25-23)15-13-19-7-3-4-8-20(19)14-16-22-10-6-12-24(26-22)18-28-2/h5,9,11,19-20,22-26H,3-4,6-8,10,12,17-18H2,1-2H3. The maximum atomic E-state index is 5.30. The van der Waals surface area contributed by atoms with Crippen LogP contribution in [-0.4, -0.2) is 45.6 Å². The van der Waals surface area contributed by atoms with Crippen LogP contribution in [0.2, 0.25) is 0 Å². The van der Waals surface area contributed by atoms with E-state index >= 15 is 0 Å². The first-order valence-corrected chi connectivity index (χ1v) is 10.7. The molecule has 0 aromatic carbocycles. The fourth-order valence-corrected chi connectivity index (χ4v) is 4.26. The molecule has 0 amide bonds. The fraction of sp³-hybridized carbons (Fsp3) is 0.667. The summed E-state index contributed by atoms with van der Waals surface area (Å²) in [4.78, 5) is 0. The molecule has 1 aliphatic carbocycles. The first-order chi connectivity index (χ1) is 13.8. The van der Waals surface area contributed by atoms with Crippen LogP contribution >= 0.6 is 0 Å². The first-order valence-electron chi connectivity index (χ1n) is 10.7. The molecule has 2 heterocycles. The Hall–Kier alpha value is -1.72. The molecule has 0 spiro atoms. The lowest BCUT2D eigenvalue weighted by Crippen LogP contribution is -2.44. The van der Waals surface area contributed by atoms with Crippen LogP contribution in [-0.2, 0) is 9.47 Å². The van der Waals surface area contributed by atoms with Crippen molar-refractivity contribution in [3.05, 3.63) is 23.9 Å². The maximum absolute atomic E-state index is 5.30. The number of hydrogen-bond donors (Lipinski definition) is 2. The monoisotopic (exact) mass is 382 g/mol. The Labute approximate surface area is 170 Å². The Balaban J connectivity index is 1.59. The zero-order valence-electron chi connectivity index (χ0n) is 17.3. The lowest BCUT2D eigenvalue weighted by atomic mass is 9.79. The third kappa shape index (κ3) is 6.42. The van der Waals surface area contributed by atoms with E-state index < -0.39 is 0 Å². The molecule has 2 fully saturated rings. The van der Waals surface area contributed by atoms with Gasteiger partial charge >= 0.3 is 0 Å². The van der Waals surface area contributed by atoms with Crippen molar-refractivity contribution in [1.29, 1.82) is 0 Å². The van der Waals surface area contributed by atoms with E-state index in [-0.39, 0.29) is 6.04 Å². The highest BCUT2D eigenvalue weighted by Gasteiger charge is 2.23. The molecule has 28 heavy (non-hydrogen) atoms. The summed E-state index contributed by atoms with van der Waals surface area (Å²) in [6.07, 6.45) is 14.6. The van der Waals surface area contributed by atoms with Crippen molar-refractivity contribution >= 4 is 0 Å². The number of dihydropyridines is 1. The predicted octanol–water partition coefficient (Wildman–Crippen LogP) is 3.02. The molecule has 4 heteroatoms. The Kier molecular flexibility index (Phi) is 8.49. The largest absolute Gasteiger partial charge is 0.383 e. The van der Waals surface area contributed by atoms with Gasteiger partial charge in [0.25, 0.3) is 0 Å². The third-order valence-corrected chi connectivity index (χ3v) is 5.74. The van der Waals surface area contributed by atoms with Crippen LogP contribution in [0.5, 0.6) is 0 Å². The number of methoxy groups -OCH3 is 2. The van der Waals surface area contributed by atoms with Crippen LogP contribution < -0.4 is 10.6 Å². The van der Waals surface area contributed by atoms with E-state index in [2.05, 4.69) is 46.5 Å². The minimum atomic E-state index is 0.207. The minimum Gasteiger partial charge on any atom is -0.383 e. The molecule has 2 aliphatic heterocycles. The molecule has 0 aromatic rings. The van der Waals surface area contributed by atoms with Crippen molar-refractivity contribution < 1.29 is 9.47 Å². The Morgan fingerprint density at radius 1 is 0.929 bits per heavy atom. The van der Waals surface area contributed by atoms with Crippen LogP contribution in [0.1, 0.15) is 44.9 Å². The van der Waals surface area contributed by atoms with Gasteiger partial charge in [-0.25, -0.2) is 0 Å². The smallest absolute Gasteiger partial charge is 0.0858 e. The van der Waals surface area contributed by atoms with Gasteiger partial charge in [-0.2, -0.15) is 0 Å². The van der Waals surface area contributed by atoms with Gasteiger partial charge < -0.3 is 14.8 Å². The van der Waals surface area contributed by atoms with E-state index in [1.807, 2.05) is 6.08 Å². The molecule has 1 saturated heterocycles. The molecule has 152 valence electrons. The topological polar surface area (TPSA) is 42.5 Å². The fourth-order valence-electron chi connectivity index (χ4n) is 4.26. The number of piperidine rings is 1. The molecular weight excluding hydrogens is 348 g/mol. The van der Waals surface area contributed by atoms with Crippen LogP contribution in [0.4, 0.5) is 0 Å². The first kappa shape index (κ1) is 21.0. The maximum Gasteiger partial charge on any atom is 0.0858 e. The Morgan fingerprint density at radius 2 is 1.71 bits per heavy atom. The van der Waals surface area contributed by atoms with Gasteiger partial charge in [0, 0.05) is 32.1 Å². The molecule has 3 rings (SSSR count). The number of hydrogen-bond acceptors (Lipinski definition) is 4. The lowest BCUT2D eigenvalue weighted by molar-refractivity contribution is 0.148. The summed E-state index contributed by atoms with van der Waals surface area (Å²) in [6, 6.07) is 0.947. The summed E-state index contributed by atoms with van der Waals surface area (Å²) in [6.45, 7) is 1.43. The van der Waals surface area contributed by atoms with Crippen molar-refractivity contribution in [1.82, 2.24) is 10.6 Å². The van der Waals surface area contributed by atoms with Gasteiger partial charge in [0.2, 0.25) is 0 Å². The molecule has 2 N–H and O–H groups in total. The third-order valence-electron chi connectivity index (χ3n) is 5.74. The second-order valence-electron chi connectivity index (χ2n) is 8.03. The molecule has 0 aromatic heterocycles. The molecule has 4 nitrogen and oxygen atoms in total. The van der Waals surface area contributed by atoms with Gasteiger partial charge in [0.15, 0.2) is 0 Å². The van der Waals surface area contributed by atoms with Gasteiger partial charge in [-0.15, -0.1) is 0 Å². The number of ether oxygens (including phenoxy) is 2. The zero-order chi connectivity index (χ0) is 19.6. The van der Waals surface area contributed by atoms with Gasteiger partial charge in [-0.1, -0.05) is 42.8 Å². The summed E-state index contributed by atoms with van der Waals surface area (Å²) < 4.78 is 10.5. The van der Waals surface area contributed by atoms with E-state index in [0.29, 0.717) is 30.5 Å². The molecule has 0 bridgehead atoms. The van der Waals surface area contributed by atoms with E-state index in [1.54, 1.807) is 14.2 Å². The predicted molar refractivity (Wildman–Crippen MR) is 113 cm³/mol. The lowest BCUT2D eigenvalue weighted by Gasteiger charge is -2.28. The van der Waals surface area contributed by atoms with Crippen molar-refractivity contribution in [2.75, 3.05) is 27.4 Å². The normalized spacial score (nSPS) is 32.2. The van der Waals surface area contributed by atoms with Crippen molar-refractivity contribution in [3.8, 4) is 23.7 Å². The van der Waals surface area contributed by atoms with Crippen molar-refractivity contribution in [3.63, 3.8) is 0 Å². The molecule has 0 radical (unpaired) electrons. The molecule has 5 unspecified atom stereocenters. The van der Waals surface area contributed by atoms with Gasteiger partial charge in [-0.3, -0.25) is 5.32 Å². The number of nitrogens with one attached hydrogen (secondary N) is 2. The SMILES string of the molecule is COCC1C=CC=C(C#CC2CCCCC2C#CC2CCCC(COC)N2)N1.